The molecule has 148 valence electrons. The second-order valence-corrected chi connectivity index (χ2v) is 11.2. The smallest absolute Gasteiger partial charge is 0.191 e. The van der Waals surface area contributed by atoms with E-state index in [2.05, 4.69) is 38.3 Å². The minimum atomic E-state index is -0.849. The minimum Gasteiger partial charge on any atom is -0.377 e. The molecule has 25 heavy (non-hydrogen) atoms. The molecular weight excluding hydrogens is 334 g/mol. The van der Waals surface area contributed by atoms with Gasteiger partial charge in [-0.05, 0) is 46.0 Å². The Bertz CT molecular complexity index is 453. The van der Waals surface area contributed by atoms with Crippen molar-refractivity contribution in [2.24, 2.45) is 16.3 Å². The lowest BCUT2D eigenvalue weighted by molar-refractivity contribution is -0.0823. The fraction of sp³-hybridized carbons (Fsp3) is 0.947. The van der Waals surface area contributed by atoms with Gasteiger partial charge in [0.05, 0.1) is 6.10 Å². The van der Waals surface area contributed by atoms with Gasteiger partial charge >= 0.3 is 0 Å². The Balaban J connectivity index is 2.60. The number of nitrogens with one attached hydrogen (secondary N) is 2. The van der Waals surface area contributed by atoms with E-state index in [0.717, 1.165) is 32.1 Å². The second kappa shape index (κ2) is 9.91. The van der Waals surface area contributed by atoms with Crippen LogP contribution in [0.5, 0.6) is 0 Å². The van der Waals surface area contributed by atoms with Gasteiger partial charge in [-0.2, -0.15) is 0 Å². The lowest BCUT2D eigenvalue weighted by atomic mass is 9.78. The number of ether oxygens (including phenoxy) is 1. The predicted molar refractivity (Wildman–Crippen MR) is 109 cm³/mol. The van der Waals surface area contributed by atoms with Gasteiger partial charge < -0.3 is 15.4 Å². The average molecular weight is 374 g/mol. The maximum atomic E-state index is 12.2. The van der Waals surface area contributed by atoms with E-state index >= 15 is 0 Å². The van der Waals surface area contributed by atoms with Gasteiger partial charge in [0, 0.05) is 53.5 Å². The minimum absolute atomic E-state index is 0.135. The summed E-state index contributed by atoms with van der Waals surface area (Å²) in [4.78, 5) is 4.78. The number of rotatable bonds is 6. The van der Waals surface area contributed by atoms with Gasteiger partial charge in [-0.3, -0.25) is 9.20 Å². The van der Waals surface area contributed by atoms with Crippen molar-refractivity contribution in [2.45, 2.75) is 72.2 Å². The highest BCUT2D eigenvalue weighted by Crippen LogP contribution is 2.34. The van der Waals surface area contributed by atoms with E-state index in [1.165, 1.54) is 6.42 Å². The third-order valence-electron chi connectivity index (χ3n) is 4.39. The molecular formula is C19H39N3O2S. The maximum absolute atomic E-state index is 12.2. The lowest BCUT2D eigenvalue weighted by Crippen LogP contribution is -2.43. The van der Waals surface area contributed by atoms with Crippen LogP contribution in [0.1, 0.15) is 61.3 Å². The molecule has 1 aliphatic rings. The molecule has 0 aliphatic carbocycles. The van der Waals surface area contributed by atoms with Gasteiger partial charge in [0.1, 0.15) is 0 Å². The van der Waals surface area contributed by atoms with E-state index in [1.54, 1.807) is 0 Å². The van der Waals surface area contributed by atoms with E-state index in [0.29, 0.717) is 18.2 Å². The highest BCUT2D eigenvalue weighted by atomic mass is 32.2. The fourth-order valence-corrected chi connectivity index (χ4v) is 4.01. The first-order valence-electron chi connectivity index (χ1n) is 9.58. The third kappa shape index (κ3) is 8.07. The fourth-order valence-electron chi connectivity index (χ4n) is 3.11. The van der Waals surface area contributed by atoms with Gasteiger partial charge in [-0.25, -0.2) is 0 Å². The summed E-state index contributed by atoms with van der Waals surface area (Å²) in [7, 11) is -0.849. The molecule has 5 nitrogen and oxygen atoms in total. The normalized spacial score (nSPS) is 24.0. The molecule has 1 fully saturated rings. The summed E-state index contributed by atoms with van der Waals surface area (Å²) < 4.78 is 18.0. The van der Waals surface area contributed by atoms with Crippen LogP contribution < -0.4 is 10.6 Å². The summed E-state index contributed by atoms with van der Waals surface area (Å²) in [5.41, 5.74) is 0.135. The number of guanidine groups is 1. The molecule has 1 aliphatic heterocycles. The topological polar surface area (TPSA) is 62.7 Å². The molecule has 3 atom stereocenters. The third-order valence-corrected chi connectivity index (χ3v) is 6.33. The van der Waals surface area contributed by atoms with Crippen LogP contribution in [0.2, 0.25) is 0 Å². The van der Waals surface area contributed by atoms with Crippen LogP contribution in [-0.2, 0) is 15.5 Å². The Hall–Kier alpha value is -0.620. The first-order valence-corrected chi connectivity index (χ1v) is 10.9. The molecule has 0 saturated carbocycles. The molecule has 0 spiro atoms. The molecule has 2 N–H and O–H groups in total. The Labute approximate surface area is 157 Å². The molecule has 0 bridgehead atoms. The monoisotopic (exact) mass is 373 g/mol. The molecule has 0 aromatic carbocycles. The number of hydrogen-bond acceptors (Lipinski definition) is 3. The molecule has 0 aromatic heterocycles. The number of hydrogen-bond donors (Lipinski definition) is 2. The van der Waals surface area contributed by atoms with Gasteiger partial charge in [0.15, 0.2) is 5.96 Å². The van der Waals surface area contributed by atoms with E-state index < -0.39 is 10.8 Å². The summed E-state index contributed by atoms with van der Waals surface area (Å²) in [5.74, 6) is 1.89. The zero-order chi connectivity index (χ0) is 19.1. The van der Waals surface area contributed by atoms with Crippen molar-refractivity contribution >= 4 is 16.8 Å². The molecule has 3 unspecified atom stereocenters. The lowest BCUT2D eigenvalue weighted by Gasteiger charge is -2.39. The molecule has 1 saturated heterocycles. The van der Waals surface area contributed by atoms with Gasteiger partial charge in [-0.15, -0.1) is 0 Å². The summed E-state index contributed by atoms with van der Waals surface area (Å²) in [5, 5.41) is 6.61. The van der Waals surface area contributed by atoms with Crippen molar-refractivity contribution in [1.82, 2.24) is 10.6 Å². The van der Waals surface area contributed by atoms with Crippen molar-refractivity contribution in [3.63, 3.8) is 0 Å². The summed E-state index contributed by atoms with van der Waals surface area (Å²) >= 11 is 0. The summed E-state index contributed by atoms with van der Waals surface area (Å²) in [6.45, 7) is 17.9. The SMILES string of the molecule is CCNC(=NCC1CCCOC1C(C)(C)C)NCCS(=O)C(C)(C)C. The summed E-state index contributed by atoms with van der Waals surface area (Å²) in [6.07, 6.45) is 2.53. The average Bonchev–Trinajstić information content (AvgIpc) is 2.51. The van der Waals surface area contributed by atoms with Crippen LogP contribution in [0.15, 0.2) is 4.99 Å². The zero-order valence-corrected chi connectivity index (χ0v) is 18.1. The molecule has 1 rings (SSSR count). The van der Waals surface area contributed by atoms with E-state index in [4.69, 9.17) is 9.73 Å². The molecule has 0 amide bonds. The van der Waals surface area contributed by atoms with E-state index in [1.807, 2.05) is 20.8 Å². The van der Waals surface area contributed by atoms with Crippen molar-refractivity contribution in [1.29, 1.82) is 0 Å². The quantitative estimate of drug-likeness (QED) is 0.555. The Kier molecular flexibility index (Phi) is 8.89. The Morgan fingerprint density at radius 1 is 1.20 bits per heavy atom. The van der Waals surface area contributed by atoms with E-state index in [9.17, 15) is 4.21 Å². The van der Waals surface area contributed by atoms with Crippen molar-refractivity contribution in [3.05, 3.63) is 0 Å². The largest absolute Gasteiger partial charge is 0.377 e. The zero-order valence-electron chi connectivity index (χ0n) is 17.3. The number of aliphatic imine (C=N–C) groups is 1. The second-order valence-electron chi connectivity index (χ2n) is 8.87. The molecule has 1 heterocycles. The van der Waals surface area contributed by atoms with Crippen molar-refractivity contribution in [3.8, 4) is 0 Å². The van der Waals surface area contributed by atoms with Gasteiger partial charge in [0.25, 0.3) is 0 Å². The highest BCUT2D eigenvalue weighted by molar-refractivity contribution is 7.86. The van der Waals surface area contributed by atoms with E-state index in [-0.39, 0.29) is 16.3 Å². The van der Waals surface area contributed by atoms with Crippen LogP contribution in [0.25, 0.3) is 0 Å². The maximum Gasteiger partial charge on any atom is 0.191 e. The van der Waals surface area contributed by atoms with Crippen molar-refractivity contribution in [2.75, 3.05) is 32.0 Å². The highest BCUT2D eigenvalue weighted by Gasteiger charge is 2.35. The molecule has 6 heteroatoms. The van der Waals surface area contributed by atoms with Crippen LogP contribution in [0.3, 0.4) is 0 Å². The van der Waals surface area contributed by atoms with Crippen LogP contribution in [0, 0.1) is 11.3 Å². The first-order chi connectivity index (χ1) is 11.6. The molecule has 0 radical (unpaired) electrons. The van der Waals surface area contributed by atoms with Crippen molar-refractivity contribution < 1.29 is 8.95 Å². The Morgan fingerprint density at radius 3 is 2.44 bits per heavy atom. The standard InChI is InChI=1S/C19H39N3O2S/c1-8-20-17(21-11-13-25(23)19(5,6)7)22-14-15-10-9-12-24-16(15)18(2,3)4/h15-16H,8-14H2,1-7H3,(H2,20,21,22). The predicted octanol–water partition coefficient (Wildman–Crippen LogP) is 2.93. The van der Waals surface area contributed by atoms with Crippen LogP contribution in [-0.4, -0.2) is 53.0 Å². The summed E-state index contributed by atoms with van der Waals surface area (Å²) in [6, 6.07) is 0. The molecule has 0 aromatic rings. The van der Waals surface area contributed by atoms with Gasteiger partial charge in [-0.1, -0.05) is 20.8 Å². The van der Waals surface area contributed by atoms with Gasteiger partial charge in [0.2, 0.25) is 0 Å². The van der Waals surface area contributed by atoms with Crippen LogP contribution >= 0.6 is 0 Å². The first kappa shape index (κ1) is 22.4. The van der Waals surface area contributed by atoms with Crippen LogP contribution in [0.4, 0.5) is 0 Å². The number of nitrogens with zero attached hydrogens (tertiary/aromatic N) is 1. The Morgan fingerprint density at radius 2 is 1.88 bits per heavy atom.